The van der Waals surface area contributed by atoms with Crippen molar-refractivity contribution in [1.29, 1.82) is 0 Å². The number of aromatic nitrogens is 2. The molecule has 0 radical (unpaired) electrons. The smallest absolute Gasteiger partial charge is 0.321 e. The first kappa shape index (κ1) is 17.8. The molecule has 0 bridgehead atoms. The summed E-state index contributed by atoms with van der Waals surface area (Å²) in [4.78, 5) is 18.4. The maximum Gasteiger partial charge on any atom is 0.321 e. The molecule has 2 heterocycles. The maximum atomic E-state index is 12.6. The van der Waals surface area contributed by atoms with Crippen LogP contribution >= 0.6 is 11.6 Å². The lowest BCUT2D eigenvalue weighted by atomic mass is 10.2. The van der Waals surface area contributed by atoms with E-state index in [0.29, 0.717) is 23.8 Å². The largest absolute Gasteiger partial charge is 0.376 e. The van der Waals surface area contributed by atoms with E-state index in [9.17, 15) is 4.79 Å². The van der Waals surface area contributed by atoms with Gasteiger partial charge in [0.05, 0.1) is 23.1 Å². The number of rotatable bonds is 6. The summed E-state index contributed by atoms with van der Waals surface area (Å²) < 4.78 is 7.48. The number of carbonyl (C=O) groups excluding carboxylic acids is 1. The highest BCUT2D eigenvalue weighted by atomic mass is 35.5. The van der Waals surface area contributed by atoms with E-state index in [-0.39, 0.29) is 12.1 Å². The molecule has 2 aromatic rings. The molecule has 3 rings (SSSR count). The molecule has 1 aromatic heterocycles. The van der Waals surface area contributed by atoms with E-state index in [4.69, 9.17) is 16.3 Å². The minimum Gasteiger partial charge on any atom is -0.376 e. The fraction of sp³-hybridized carbons (Fsp3) is 0.444. The first-order valence-electron chi connectivity index (χ1n) is 8.62. The Labute approximate surface area is 152 Å². The minimum absolute atomic E-state index is 0.121. The quantitative estimate of drug-likeness (QED) is 0.846. The third-order valence-electron chi connectivity index (χ3n) is 4.21. The number of benzene rings is 1. The van der Waals surface area contributed by atoms with Gasteiger partial charge in [0.15, 0.2) is 0 Å². The fourth-order valence-corrected chi connectivity index (χ4v) is 3.26. The lowest BCUT2D eigenvalue weighted by Gasteiger charge is -2.25. The van der Waals surface area contributed by atoms with E-state index in [2.05, 4.69) is 17.2 Å². The van der Waals surface area contributed by atoms with Gasteiger partial charge in [-0.1, -0.05) is 18.5 Å². The Balaban J connectivity index is 1.67. The lowest BCUT2D eigenvalue weighted by Crippen LogP contribution is -2.40. The number of amides is 2. The van der Waals surface area contributed by atoms with Gasteiger partial charge in [0, 0.05) is 37.8 Å². The number of hydrogen-bond acceptors (Lipinski definition) is 3. The molecule has 1 N–H and O–H groups in total. The van der Waals surface area contributed by atoms with Crippen molar-refractivity contribution in [3.8, 4) is 5.69 Å². The Morgan fingerprint density at radius 3 is 3.04 bits per heavy atom. The molecule has 1 atom stereocenters. The van der Waals surface area contributed by atoms with Crippen LogP contribution in [0.4, 0.5) is 10.5 Å². The number of nitrogens with one attached hydrogen (secondary N) is 1. The van der Waals surface area contributed by atoms with E-state index in [1.54, 1.807) is 18.6 Å². The summed E-state index contributed by atoms with van der Waals surface area (Å²) in [6, 6.07) is 5.34. The van der Waals surface area contributed by atoms with Gasteiger partial charge in [0.2, 0.25) is 0 Å². The number of carbonyl (C=O) groups is 1. The van der Waals surface area contributed by atoms with E-state index in [1.165, 1.54) is 0 Å². The van der Waals surface area contributed by atoms with E-state index in [1.807, 2.05) is 27.8 Å². The van der Waals surface area contributed by atoms with Gasteiger partial charge < -0.3 is 19.5 Å². The fourth-order valence-electron chi connectivity index (χ4n) is 2.98. The van der Waals surface area contributed by atoms with Gasteiger partial charge in [-0.15, -0.1) is 0 Å². The van der Waals surface area contributed by atoms with Crippen LogP contribution in [-0.4, -0.2) is 46.3 Å². The van der Waals surface area contributed by atoms with E-state index in [0.717, 1.165) is 31.6 Å². The van der Waals surface area contributed by atoms with Crippen LogP contribution in [0, 0.1) is 0 Å². The first-order valence-corrected chi connectivity index (χ1v) is 9.00. The van der Waals surface area contributed by atoms with Crippen molar-refractivity contribution in [3.05, 3.63) is 41.9 Å². The van der Waals surface area contributed by atoms with Crippen molar-refractivity contribution in [2.24, 2.45) is 0 Å². The van der Waals surface area contributed by atoms with Crippen LogP contribution in [0.1, 0.15) is 26.2 Å². The SMILES string of the molecule is CCCN(C[C@@H]1CCCO1)C(=O)Nc1ccc(-n2ccnc2)c(Cl)c1. The van der Waals surface area contributed by atoms with Gasteiger partial charge in [-0.05, 0) is 37.5 Å². The summed E-state index contributed by atoms with van der Waals surface area (Å²) in [6.07, 6.45) is 8.33. The number of ether oxygens (including phenoxy) is 1. The van der Waals surface area contributed by atoms with Crippen LogP contribution < -0.4 is 5.32 Å². The van der Waals surface area contributed by atoms with Gasteiger partial charge in [0.1, 0.15) is 0 Å². The molecule has 6 nitrogen and oxygen atoms in total. The predicted octanol–water partition coefficient (Wildman–Crippen LogP) is 3.95. The molecule has 1 saturated heterocycles. The molecule has 0 spiro atoms. The molecule has 0 unspecified atom stereocenters. The molecule has 134 valence electrons. The monoisotopic (exact) mass is 362 g/mol. The Bertz CT molecular complexity index is 699. The topological polar surface area (TPSA) is 59.4 Å². The van der Waals surface area contributed by atoms with Gasteiger partial charge in [-0.25, -0.2) is 9.78 Å². The van der Waals surface area contributed by atoms with Crippen LogP contribution in [0.25, 0.3) is 5.69 Å². The summed E-state index contributed by atoms with van der Waals surface area (Å²) in [6.45, 7) is 4.18. The average molecular weight is 363 g/mol. The summed E-state index contributed by atoms with van der Waals surface area (Å²) in [5.74, 6) is 0. The second kappa shape index (κ2) is 8.36. The maximum absolute atomic E-state index is 12.6. The van der Waals surface area contributed by atoms with Gasteiger partial charge in [0.25, 0.3) is 0 Å². The number of urea groups is 1. The van der Waals surface area contributed by atoms with Crippen molar-refractivity contribution in [2.45, 2.75) is 32.3 Å². The molecule has 1 aliphatic rings. The molecule has 0 aliphatic carbocycles. The van der Waals surface area contributed by atoms with E-state index < -0.39 is 0 Å². The van der Waals surface area contributed by atoms with Crippen LogP contribution in [0.5, 0.6) is 0 Å². The second-order valence-corrected chi connectivity index (χ2v) is 6.55. The zero-order valence-electron chi connectivity index (χ0n) is 14.3. The molecule has 1 fully saturated rings. The summed E-state index contributed by atoms with van der Waals surface area (Å²) in [7, 11) is 0. The molecule has 1 aromatic carbocycles. The predicted molar refractivity (Wildman–Crippen MR) is 98.4 cm³/mol. The summed E-state index contributed by atoms with van der Waals surface area (Å²) in [5, 5.41) is 3.49. The molecule has 25 heavy (non-hydrogen) atoms. The second-order valence-electron chi connectivity index (χ2n) is 6.15. The van der Waals surface area contributed by atoms with E-state index >= 15 is 0 Å². The molecule has 0 saturated carbocycles. The zero-order valence-corrected chi connectivity index (χ0v) is 15.1. The van der Waals surface area contributed by atoms with Gasteiger partial charge in [-0.3, -0.25) is 0 Å². The molecular formula is C18H23ClN4O2. The third kappa shape index (κ3) is 4.52. The number of hydrogen-bond donors (Lipinski definition) is 1. The number of halogens is 1. The van der Waals surface area contributed by atoms with Crippen LogP contribution in [0.2, 0.25) is 5.02 Å². The highest BCUT2D eigenvalue weighted by Crippen LogP contribution is 2.24. The Kier molecular flexibility index (Phi) is 5.94. The molecule has 7 heteroatoms. The van der Waals surface area contributed by atoms with Crippen molar-refractivity contribution >= 4 is 23.3 Å². The van der Waals surface area contributed by atoms with Crippen molar-refractivity contribution in [1.82, 2.24) is 14.5 Å². The van der Waals surface area contributed by atoms with Crippen LogP contribution in [-0.2, 0) is 4.74 Å². The Morgan fingerprint density at radius 2 is 2.40 bits per heavy atom. The first-order chi connectivity index (χ1) is 12.2. The van der Waals surface area contributed by atoms with Gasteiger partial charge >= 0.3 is 6.03 Å². The van der Waals surface area contributed by atoms with Crippen molar-refractivity contribution < 1.29 is 9.53 Å². The summed E-state index contributed by atoms with van der Waals surface area (Å²) >= 11 is 6.35. The van der Waals surface area contributed by atoms with Gasteiger partial charge in [-0.2, -0.15) is 0 Å². The normalized spacial score (nSPS) is 16.8. The lowest BCUT2D eigenvalue weighted by molar-refractivity contribution is 0.0836. The number of nitrogens with zero attached hydrogens (tertiary/aromatic N) is 3. The third-order valence-corrected chi connectivity index (χ3v) is 4.51. The molecular weight excluding hydrogens is 340 g/mol. The zero-order chi connectivity index (χ0) is 17.6. The number of anilines is 1. The Morgan fingerprint density at radius 1 is 1.52 bits per heavy atom. The number of imidazole rings is 1. The average Bonchev–Trinajstić information content (AvgIpc) is 3.28. The Hall–Kier alpha value is -2.05. The highest BCUT2D eigenvalue weighted by molar-refractivity contribution is 6.32. The van der Waals surface area contributed by atoms with Crippen molar-refractivity contribution in [3.63, 3.8) is 0 Å². The standard InChI is InChI=1S/C18H23ClN4O2/c1-2-8-22(12-15-4-3-10-25-15)18(24)21-14-5-6-17(16(19)11-14)23-9-7-20-13-23/h5-7,9,11,13,15H,2-4,8,10,12H2,1H3,(H,21,24)/t15-/m0/s1. The van der Waals surface area contributed by atoms with Crippen molar-refractivity contribution in [2.75, 3.05) is 25.0 Å². The van der Waals surface area contributed by atoms with Crippen LogP contribution in [0.15, 0.2) is 36.9 Å². The molecule has 2 amide bonds. The molecule has 1 aliphatic heterocycles. The van der Waals surface area contributed by atoms with Crippen LogP contribution in [0.3, 0.4) is 0 Å². The minimum atomic E-state index is -0.121. The highest BCUT2D eigenvalue weighted by Gasteiger charge is 2.22. The summed E-state index contributed by atoms with van der Waals surface area (Å²) in [5.41, 5.74) is 1.49.